The van der Waals surface area contributed by atoms with E-state index >= 15 is 0 Å². The maximum absolute atomic E-state index is 12.4. The third-order valence-corrected chi connectivity index (χ3v) is 3.99. The topological polar surface area (TPSA) is 60.4 Å². The zero-order valence-corrected chi connectivity index (χ0v) is 10.2. The van der Waals surface area contributed by atoms with E-state index in [0.717, 1.165) is 12.8 Å². The van der Waals surface area contributed by atoms with E-state index in [4.69, 9.17) is 4.74 Å². The van der Waals surface area contributed by atoms with Gasteiger partial charge in [0.05, 0.1) is 12.5 Å². The van der Waals surface area contributed by atoms with Gasteiger partial charge in [-0.2, -0.15) is 0 Å². The summed E-state index contributed by atoms with van der Waals surface area (Å²) in [7, 11) is 0. The normalized spacial score (nSPS) is 33.1. The Bertz CT molecular complexity index is 360. The van der Waals surface area contributed by atoms with Crippen LogP contribution in [0.5, 0.6) is 0 Å². The summed E-state index contributed by atoms with van der Waals surface area (Å²) in [5, 5.41) is 0. The lowest BCUT2D eigenvalue weighted by Gasteiger charge is -2.34. The summed E-state index contributed by atoms with van der Waals surface area (Å²) in [6.07, 6.45) is 3.53. The van der Waals surface area contributed by atoms with Crippen molar-refractivity contribution in [2.45, 2.75) is 45.4 Å². The highest BCUT2D eigenvalue weighted by Crippen LogP contribution is 2.44. The maximum Gasteiger partial charge on any atom is 0.319 e. The molecule has 0 aromatic heterocycles. The number of hydrogen-bond acceptors (Lipinski definition) is 4. The van der Waals surface area contributed by atoms with Gasteiger partial charge in [0.2, 0.25) is 0 Å². The fourth-order valence-corrected chi connectivity index (χ4v) is 3.00. The van der Waals surface area contributed by atoms with Gasteiger partial charge in [0, 0.05) is 6.42 Å². The van der Waals surface area contributed by atoms with Crippen LogP contribution in [0.1, 0.15) is 45.4 Å². The molecule has 0 aromatic carbocycles. The standard InChI is InChI=1S/C13H18O4/c1-2-17-12(16)13-7-4-3-5-9(11(13)15)10(14)6-8-13/h9H,2-8H2,1H3. The fraction of sp³-hybridized carbons (Fsp3) is 0.769. The van der Waals surface area contributed by atoms with Crippen LogP contribution in [0.4, 0.5) is 0 Å². The van der Waals surface area contributed by atoms with Gasteiger partial charge in [0.1, 0.15) is 11.2 Å². The van der Waals surface area contributed by atoms with Crippen LogP contribution >= 0.6 is 0 Å². The van der Waals surface area contributed by atoms with Crippen molar-refractivity contribution in [2.75, 3.05) is 6.61 Å². The molecular formula is C13H18O4. The number of hydrogen-bond donors (Lipinski definition) is 0. The van der Waals surface area contributed by atoms with Crippen molar-refractivity contribution in [2.24, 2.45) is 11.3 Å². The summed E-state index contributed by atoms with van der Waals surface area (Å²) >= 11 is 0. The van der Waals surface area contributed by atoms with E-state index in [1.54, 1.807) is 6.92 Å². The van der Waals surface area contributed by atoms with E-state index in [-0.39, 0.29) is 18.2 Å². The molecule has 17 heavy (non-hydrogen) atoms. The Kier molecular flexibility index (Phi) is 3.31. The molecule has 0 saturated heterocycles. The molecule has 0 aliphatic heterocycles. The highest BCUT2D eigenvalue weighted by atomic mass is 16.5. The zero-order valence-electron chi connectivity index (χ0n) is 10.2. The summed E-state index contributed by atoms with van der Waals surface area (Å²) in [6.45, 7) is 2.02. The van der Waals surface area contributed by atoms with Gasteiger partial charge in [0.15, 0.2) is 5.78 Å². The number of rotatable bonds is 2. The number of carbonyl (C=O) groups excluding carboxylic acids is 3. The number of Topliss-reactive ketones (excluding diaryl/α,β-unsaturated/α-hetero) is 2. The van der Waals surface area contributed by atoms with E-state index in [1.807, 2.05) is 0 Å². The van der Waals surface area contributed by atoms with Crippen LogP contribution in [0.15, 0.2) is 0 Å². The van der Waals surface area contributed by atoms with Crippen molar-refractivity contribution in [3.63, 3.8) is 0 Å². The van der Waals surface area contributed by atoms with Crippen LogP contribution in [-0.2, 0) is 19.1 Å². The molecule has 4 nitrogen and oxygen atoms in total. The Morgan fingerprint density at radius 3 is 2.82 bits per heavy atom. The van der Waals surface area contributed by atoms with Gasteiger partial charge in [-0.05, 0) is 26.2 Å². The van der Waals surface area contributed by atoms with Crippen molar-refractivity contribution in [3.05, 3.63) is 0 Å². The van der Waals surface area contributed by atoms with Crippen molar-refractivity contribution in [3.8, 4) is 0 Å². The maximum atomic E-state index is 12.4. The smallest absolute Gasteiger partial charge is 0.319 e. The molecule has 0 heterocycles. The second kappa shape index (κ2) is 4.59. The lowest BCUT2D eigenvalue weighted by atomic mass is 9.67. The molecule has 0 radical (unpaired) electrons. The first-order valence-electron chi connectivity index (χ1n) is 6.36. The number of fused-ring (bicyclic) bond motifs is 2. The van der Waals surface area contributed by atoms with E-state index < -0.39 is 17.3 Å². The van der Waals surface area contributed by atoms with Crippen LogP contribution < -0.4 is 0 Å². The van der Waals surface area contributed by atoms with Crippen molar-refractivity contribution >= 4 is 17.5 Å². The Hall–Kier alpha value is -1.19. The molecule has 0 amide bonds. The predicted octanol–water partition coefficient (Wildman–Crippen LogP) is 1.66. The van der Waals surface area contributed by atoms with E-state index in [0.29, 0.717) is 25.7 Å². The molecule has 2 atom stereocenters. The molecule has 2 unspecified atom stereocenters. The summed E-state index contributed by atoms with van der Waals surface area (Å²) in [4.78, 5) is 36.1. The van der Waals surface area contributed by atoms with Gasteiger partial charge in [-0.1, -0.05) is 12.8 Å². The largest absolute Gasteiger partial charge is 0.465 e. The number of ether oxygens (including phenoxy) is 1. The van der Waals surface area contributed by atoms with E-state index in [2.05, 4.69) is 0 Å². The number of ketones is 2. The minimum atomic E-state index is -1.01. The lowest BCUT2D eigenvalue weighted by Crippen LogP contribution is -2.48. The van der Waals surface area contributed by atoms with Gasteiger partial charge in [-0.3, -0.25) is 14.4 Å². The van der Waals surface area contributed by atoms with Crippen molar-refractivity contribution < 1.29 is 19.1 Å². The lowest BCUT2D eigenvalue weighted by molar-refractivity contribution is -0.165. The SMILES string of the molecule is CCOC(=O)C12CCCCC(C(=O)CC1)C2=O. The number of carbonyl (C=O) groups is 3. The molecule has 2 fully saturated rings. The third-order valence-electron chi connectivity index (χ3n) is 3.99. The summed E-state index contributed by atoms with van der Waals surface area (Å²) in [5.74, 6) is -1.12. The van der Waals surface area contributed by atoms with E-state index in [9.17, 15) is 14.4 Å². The van der Waals surface area contributed by atoms with Gasteiger partial charge in [-0.25, -0.2) is 0 Å². The molecular weight excluding hydrogens is 220 g/mol. The average molecular weight is 238 g/mol. The molecule has 94 valence electrons. The summed E-state index contributed by atoms with van der Waals surface area (Å²) < 4.78 is 5.05. The van der Waals surface area contributed by atoms with Crippen LogP contribution in [0, 0.1) is 11.3 Å². The Labute approximate surface area is 101 Å². The molecule has 2 aliphatic carbocycles. The second-order valence-electron chi connectivity index (χ2n) is 4.93. The summed E-state index contributed by atoms with van der Waals surface area (Å²) in [5.41, 5.74) is -1.01. The van der Waals surface area contributed by atoms with Crippen molar-refractivity contribution in [1.82, 2.24) is 0 Å². The first-order valence-corrected chi connectivity index (χ1v) is 6.36. The molecule has 2 bridgehead atoms. The molecule has 2 rings (SSSR count). The second-order valence-corrected chi connectivity index (χ2v) is 4.93. The minimum Gasteiger partial charge on any atom is -0.465 e. The zero-order chi connectivity index (χ0) is 12.5. The van der Waals surface area contributed by atoms with Gasteiger partial charge in [-0.15, -0.1) is 0 Å². The predicted molar refractivity (Wildman–Crippen MR) is 60.3 cm³/mol. The molecule has 0 spiro atoms. The summed E-state index contributed by atoms with van der Waals surface area (Å²) in [6, 6.07) is 0. The molecule has 0 aromatic rings. The molecule has 2 aliphatic rings. The highest BCUT2D eigenvalue weighted by Gasteiger charge is 2.54. The Balaban J connectivity index is 2.33. The van der Waals surface area contributed by atoms with Gasteiger partial charge < -0.3 is 4.74 Å². The van der Waals surface area contributed by atoms with Crippen LogP contribution in [0.2, 0.25) is 0 Å². The van der Waals surface area contributed by atoms with Crippen molar-refractivity contribution in [1.29, 1.82) is 0 Å². The fourth-order valence-electron chi connectivity index (χ4n) is 3.00. The van der Waals surface area contributed by atoms with Crippen LogP contribution in [-0.4, -0.2) is 24.1 Å². The first-order chi connectivity index (χ1) is 8.12. The van der Waals surface area contributed by atoms with Gasteiger partial charge >= 0.3 is 5.97 Å². The Morgan fingerprint density at radius 2 is 2.12 bits per heavy atom. The highest BCUT2D eigenvalue weighted by molar-refractivity contribution is 6.15. The molecule has 0 N–H and O–H groups in total. The monoisotopic (exact) mass is 238 g/mol. The Morgan fingerprint density at radius 1 is 1.35 bits per heavy atom. The first kappa shape index (κ1) is 12.3. The van der Waals surface area contributed by atoms with Gasteiger partial charge in [0.25, 0.3) is 0 Å². The van der Waals surface area contributed by atoms with E-state index in [1.165, 1.54) is 0 Å². The minimum absolute atomic E-state index is 0.0109. The molecule has 2 saturated carbocycles. The van der Waals surface area contributed by atoms with Crippen LogP contribution in [0.25, 0.3) is 0 Å². The quantitative estimate of drug-likeness (QED) is 0.542. The number of esters is 1. The third kappa shape index (κ3) is 1.90. The van der Waals surface area contributed by atoms with Crippen LogP contribution in [0.3, 0.4) is 0 Å². The molecule has 4 heteroatoms. The average Bonchev–Trinajstić information content (AvgIpc) is 2.40.